The molecule has 0 saturated carbocycles. The number of ether oxygens (including phenoxy) is 1. The van der Waals surface area contributed by atoms with Gasteiger partial charge in [-0.3, -0.25) is 0 Å². The number of hydrogen-bond acceptors (Lipinski definition) is 7. The van der Waals surface area contributed by atoms with Gasteiger partial charge in [-0.1, -0.05) is 35.9 Å². The zero-order chi connectivity index (χ0) is 24.0. The minimum atomic E-state index is -0.366. The van der Waals surface area contributed by atoms with Gasteiger partial charge in [0.1, 0.15) is 10.8 Å². The van der Waals surface area contributed by atoms with Crippen molar-refractivity contribution in [3.63, 3.8) is 0 Å². The van der Waals surface area contributed by atoms with Gasteiger partial charge in [0, 0.05) is 45.5 Å². The quantitative estimate of drug-likeness (QED) is 0.239. The van der Waals surface area contributed by atoms with Crippen LogP contribution >= 0.6 is 23.4 Å². The fourth-order valence-corrected chi connectivity index (χ4v) is 4.33. The molecule has 2 heterocycles. The number of thioether (sulfide) groups is 1. The molecule has 1 aromatic heterocycles. The lowest BCUT2D eigenvalue weighted by atomic mass is 10.2. The first kappa shape index (κ1) is 22.8. The van der Waals surface area contributed by atoms with Gasteiger partial charge < -0.3 is 26.0 Å². The standard InChI is InChI=1S/C25H21ClN6O2S/c26-22-15-27-24-29-18-11-19(31-25(33)30-16-5-2-1-3-6-16)13-20(12-18)34-9-10-35-21-8-4-7-17(14-21)28-23(22)32-24/h1-8,11-15H,9-10H2,(H2,30,31,33)(H2,27,28,29,32). The summed E-state index contributed by atoms with van der Waals surface area (Å²) in [5, 5.41) is 12.5. The summed E-state index contributed by atoms with van der Waals surface area (Å²) in [5.41, 5.74) is 2.76. The van der Waals surface area contributed by atoms with Crippen molar-refractivity contribution in [3.8, 4) is 5.75 Å². The van der Waals surface area contributed by atoms with Gasteiger partial charge in [-0.25, -0.2) is 9.78 Å². The van der Waals surface area contributed by atoms with E-state index in [1.54, 1.807) is 23.9 Å². The number of carbonyl (C=O) groups is 1. The van der Waals surface area contributed by atoms with E-state index in [-0.39, 0.29) is 6.03 Å². The van der Waals surface area contributed by atoms with Crippen LogP contribution in [0.1, 0.15) is 0 Å². The van der Waals surface area contributed by atoms with Crippen LogP contribution in [0.2, 0.25) is 5.02 Å². The molecule has 0 atom stereocenters. The number of amides is 2. The van der Waals surface area contributed by atoms with Crippen molar-refractivity contribution in [3.05, 3.63) is 84.0 Å². The van der Waals surface area contributed by atoms with Crippen molar-refractivity contribution >= 4 is 63.9 Å². The number of aromatic nitrogens is 2. The lowest BCUT2D eigenvalue weighted by Crippen LogP contribution is -2.19. The Labute approximate surface area is 211 Å². The average Bonchev–Trinajstić information content (AvgIpc) is 2.84. The molecule has 6 bridgehead atoms. The smallest absolute Gasteiger partial charge is 0.323 e. The van der Waals surface area contributed by atoms with Crippen LogP contribution in [0.4, 0.5) is 39.3 Å². The second kappa shape index (κ2) is 10.5. The highest BCUT2D eigenvalue weighted by molar-refractivity contribution is 7.99. The molecule has 0 aliphatic carbocycles. The summed E-state index contributed by atoms with van der Waals surface area (Å²) in [6, 6.07) is 22.2. The van der Waals surface area contributed by atoms with E-state index in [4.69, 9.17) is 16.3 Å². The molecule has 5 rings (SSSR count). The highest BCUT2D eigenvalue weighted by atomic mass is 35.5. The number of carbonyl (C=O) groups excluding carboxylic acids is 1. The molecule has 0 spiro atoms. The predicted octanol–water partition coefficient (Wildman–Crippen LogP) is 6.75. The molecule has 0 fully saturated rings. The van der Waals surface area contributed by atoms with Crippen LogP contribution in [0.25, 0.3) is 0 Å². The van der Waals surface area contributed by atoms with Gasteiger partial charge in [0.2, 0.25) is 5.95 Å². The summed E-state index contributed by atoms with van der Waals surface area (Å²) in [4.78, 5) is 22.4. The molecular formula is C25H21ClN6O2S. The van der Waals surface area contributed by atoms with E-state index in [1.807, 2.05) is 60.7 Å². The molecule has 0 saturated heterocycles. The van der Waals surface area contributed by atoms with E-state index in [1.165, 1.54) is 6.20 Å². The van der Waals surface area contributed by atoms with Crippen LogP contribution in [-0.2, 0) is 0 Å². The van der Waals surface area contributed by atoms with Gasteiger partial charge in [0.05, 0.1) is 12.8 Å². The third-order valence-electron chi connectivity index (χ3n) is 4.91. The highest BCUT2D eigenvalue weighted by Crippen LogP contribution is 2.30. The largest absolute Gasteiger partial charge is 0.493 e. The van der Waals surface area contributed by atoms with Crippen LogP contribution in [0.5, 0.6) is 5.75 Å². The van der Waals surface area contributed by atoms with Crippen LogP contribution in [0, 0.1) is 0 Å². The Morgan fingerprint density at radius 3 is 2.69 bits per heavy atom. The van der Waals surface area contributed by atoms with E-state index in [0.29, 0.717) is 46.2 Å². The highest BCUT2D eigenvalue weighted by Gasteiger charge is 2.11. The van der Waals surface area contributed by atoms with Crippen molar-refractivity contribution in [1.29, 1.82) is 0 Å². The van der Waals surface area contributed by atoms with Crippen molar-refractivity contribution < 1.29 is 9.53 Å². The minimum Gasteiger partial charge on any atom is -0.493 e. The maximum atomic E-state index is 12.5. The van der Waals surface area contributed by atoms with Crippen LogP contribution in [0.3, 0.4) is 0 Å². The fraction of sp³-hybridized carbons (Fsp3) is 0.0800. The van der Waals surface area contributed by atoms with Gasteiger partial charge in [0.25, 0.3) is 0 Å². The number of rotatable bonds is 2. The lowest BCUT2D eigenvalue weighted by molar-refractivity contribution is 0.262. The summed E-state index contributed by atoms with van der Waals surface area (Å²) in [6.07, 6.45) is 1.53. The number of nitrogens with one attached hydrogen (secondary N) is 4. The first-order chi connectivity index (χ1) is 17.1. The summed E-state index contributed by atoms with van der Waals surface area (Å²) in [5.74, 6) is 2.16. The van der Waals surface area contributed by atoms with Crippen molar-refractivity contribution in [2.24, 2.45) is 0 Å². The Morgan fingerprint density at radius 1 is 0.943 bits per heavy atom. The molecular weight excluding hydrogens is 484 g/mol. The minimum absolute atomic E-state index is 0.342. The molecule has 10 heteroatoms. The lowest BCUT2D eigenvalue weighted by Gasteiger charge is -2.14. The first-order valence-corrected chi connectivity index (χ1v) is 12.2. The Morgan fingerprint density at radius 2 is 1.80 bits per heavy atom. The zero-order valence-corrected chi connectivity index (χ0v) is 20.0. The number of halogens is 1. The Bertz CT molecular complexity index is 1360. The summed E-state index contributed by atoms with van der Waals surface area (Å²) >= 11 is 8.02. The average molecular weight is 505 g/mol. The van der Waals surface area contributed by atoms with E-state index < -0.39 is 0 Å². The van der Waals surface area contributed by atoms with Gasteiger partial charge >= 0.3 is 6.03 Å². The van der Waals surface area contributed by atoms with Gasteiger partial charge in [-0.15, -0.1) is 11.8 Å². The monoisotopic (exact) mass is 504 g/mol. The molecule has 35 heavy (non-hydrogen) atoms. The maximum Gasteiger partial charge on any atom is 0.323 e. The number of hydrogen-bond donors (Lipinski definition) is 4. The SMILES string of the molecule is O=C(Nc1ccccc1)Nc1cc2cc(c1)OCCSc1cccc(c1)Nc1nc(ncc1Cl)N2. The van der Waals surface area contributed by atoms with E-state index in [9.17, 15) is 4.79 Å². The van der Waals surface area contributed by atoms with E-state index in [0.717, 1.165) is 16.3 Å². The first-order valence-electron chi connectivity index (χ1n) is 10.8. The molecule has 0 unspecified atom stereocenters. The Kier molecular flexibility index (Phi) is 6.87. The van der Waals surface area contributed by atoms with Gasteiger partial charge in [-0.2, -0.15) is 4.98 Å². The molecule has 4 N–H and O–H groups in total. The third kappa shape index (κ3) is 6.14. The second-order valence-electron chi connectivity index (χ2n) is 7.56. The van der Waals surface area contributed by atoms with Crippen LogP contribution < -0.4 is 26.0 Å². The van der Waals surface area contributed by atoms with Crippen LogP contribution in [0.15, 0.2) is 83.9 Å². The Hall–Kier alpha value is -3.95. The summed E-state index contributed by atoms with van der Waals surface area (Å²) in [7, 11) is 0. The molecule has 1 aliphatic rings. The number of anilines is 6. The van der Waals surface area contributed by atoms with Gasteiger partial charge in [-0.05, 0) is 36.4 Å². The van der Waals surface area contributed by atoms with Gasteiger partial charge in [0.15, 0.2) is 5.82 Å². The normalized spacial score (nSPS) is 12.6. The number of nitrogens with zero attached hydrogens (tertiary/aromatic N) is 2. The third-order valence-corrected chi connectivity index (χ3v) is 6.15. The topological polar surface area (TPSA) is 100 Å². The summed E-state index contributed by atoms with van der Waals surface area (Å²) < 4.78 is 6.00. The zero-order valence-electron chi connectivity index (χ0n) is 18.4. The fourth-order valence-electron chi connectivity index (χ4n) is 3.41. The van der Waals surface area contributed by atoms with Crippen LogP contribution in [-0.4, -0.2) is 28.4 Å². The summed E-state index contributed by atoms with van der Waals surface area (Å²) in [6.45, 7) is 0.484. The molecule has 4 aromatic rings. The number of para-hydroxylation sites is 1. The molecule has 3 aromatic carbocycles. The number of benzene rings is 3. The maximum absolute atomic E-state index is 12.5. The van der Waals surface area contributed by atoms with E-state index >= 15 is 0 Å². The molecule has 176 valence electrons. The van der Waals surface area contributed by atoms with Crippen molar-refractivity contribution in [1.82, 2.24) is 9.97 Å². The van der Waals surface area contributed by atoms with E-state index in [2.05, 4.69) is 31.2 Å². The Balaban J connectivity index is 1.43. The molecule has 0 radical (unpaired) electrons. The second-order valence-corrected chi connectivity index (χ2v) is 9.13. The van der Waals surface area contributed by atoms with Crippen molar-refractivity contribution in [2.45, 2.75) is 4.90 Å². The van der Waals surface area contributed by atoms with Crippen molar-refractivity contribution in [2.75, 3.05) is 33.6 Å². The molecule has 2 amide bonds. The number of urea groups is 1. The predicted molar refractivity (Wildman–Crippen MR) is 142 cm³/mol. The molecule has 1 aliphatic heterocycles. The number of fused-ring (bicyclic) bond motifs is 6. The molecule has 8 nitrogen and oxygen atoms in total.